The van der Waals surface area contributed by atoms with E-state index < -0.39 is 34.7 Å². The van der Waals surface area contributed by atoms with E-state index in [9.17, 15) is 18.0 Å². The molecular weight excluding hydrogens is 448 g/mol. The van der Waals surface area contributed by atoms with Crippen molar-refractivity contribution in [1.29, 1.82) is 0 Å². The Morgan fingerprint density at radius 3 is 2.55 bits per heavy atom. The van der Waals surface area contributed by atoms with Crippen LogP contribution in [0.3, 0.4) is 0 Å². The number of sulfonamides is 1. The fraction of sp³-hybridized carbons (Fsp3) is 0.391. The molecule has 2 heterocycles. The Morgan fingerprint density at radius 1 is 1.21 bits per heavy atom. The van der Waals surface area contributed by atoms with Crippen molar-refractivity contribution >= 4 is 21.9 Å². The number of carbonyl (C=O) groups is 2. The third-order valence-electron chi connectivity index (χ3n) is 5.73. The molecule has 0 fully saturated rings. The lowest BCUT2D eigenvalue weighted by Gasteiger charge is -2.28. The molecular formula is C23H26N2O7S. The van der Waals surface area contributed by atoms with Crippen molar-refractivity contribution < 1.29 is 32.2 Å². The summed E-state index contributed by atoms with van der Waals surface area (Å²) in [5.74, 6) is -1.18. The molecule has 33 heavy (non-hydrogen) atoms. The van der Waals surface area contributed by atoms with Gasteiger partial charge in [0.15, 0.2) is 12.8 Å². The number of fused-ring (bicyclic) bond motifs is 3. The van der Waals surface area contributed by atoms with Crippen LogP contribution < -0.4 is 4.74 Å². The number of esters is 1. The molecule has 0 bridgehead atoms. The van der Waals surface area contributed by atoms with Crippen molar-refractivity contribution in [3.05, 3.63) is 58.7 Å². The molecule has 2 aliphatic rings. The molecule has 2 aliphatic heterocycles. The van der Waals surface area contributed by atoms with Gasteiger partial charge in [-0.2, -0.15) is 4.31 Å². The second kappa shape index (κ2) is 8.77. The lowest BCUT2D eigenvalue weighted by atomic mass is 9.93. The van der Waals surface area contributed by atoms with Gasteiger partial charge in [-0.25, -0.2) is 13.2 Å². The van der Waals surface area contributed by atoms with Gasteiger partial charge in [0.05, 0.1) is 5.56 Å². The summed E-state index contributed by atoms with van der Waals surface area (Å²) < 4.78 is 43.8. The third-order valence-corrected chi connectivity index (χ3v) is 7.55. The van der Waals surface area contributed by atoms with Crippen LogP contribution in [0, 0.1) is 0 Å². The Morgan fingerprint density at radius 2 is 1.91 bits per heavy atom. The lowest BCUT2D eigenvalue weighted by molar-refractivity contribution is -0.158. The van der Waals surface area contributed by atoms with E-state index in [4.69, 9.17) is 14.2 Å². The Kier molecular flexibility index (Phi) is 6.17. The summed E-state index contributed by atoms with van der Waals surface area (Å²) in [6, 6.07) is 10.4. The minimum Gasteiger partial charge on any atom is -0.478 e. The number of benzene rings is 2. The first-order chi connectivity index (χ1) is 15.7. The van der Waals surface area contributed by atoms with Gasteiger partial charge in [-0.1, -0.05) is 44.2 Å². The van der Waals surface area contributed by atoms with Gasteiger partial charge in [0.25, 0.3) is 15.9 Å². The molecule has 0 radical (unpaired) electrons. The van der Waals surface area contributed by atoms with Gasteiger partial charge in [0.1, 0.15) is 17.4 Å². The van der Waals surface area contributed by atoms with Crippen LogP contribution in [-0.2, 0) is 30.8 Å². The molecule has 0 N–H and O–H groups in total. The van der Waals surface area contributed by atoms with E-state index in [-0.39, 0.29) is 16.4 Å². The number of carbonyl (C=O) groups excluding carboxylic acids is 2. The standard InChI is InChI=1S/C23H26N2O7S/c1-14(2)16-10-18-17(11-24(3)12-31-18)21-19(16)22(26)25(33(21,28)29)13-32-23(27)20(30-4)15-8-6-5-7-9-15/h5-10,14,20H,11-13H2,1-4H3. The maximum Gasteiger partial charge on any atom is 0.341 e. The zero-order valence-corrected chi connectivity index (χ0v) is 19.7. The maximum absolute atomic E-state index is 13.5. The molecule has 0 aromatic heterocycles. The minimum absolute atomic E-state index is 0.0670. The van der Waals surface area contributed by atoms with E-state index in [1.807, 2.05) is 18.7 Å². The molecule has 1 atom stereocenters. The number of ether oxygens (including phenoxy) is 3. The number of nitrogens with zero attached hydrogens (tertiary/aromatic N) is 2. The maximum atomic E-state index is 13.5. The Bertz CT molecular complexity index is 1200. The van der Waals surface area contributed by atoms with E-state index in [1.54, 1.807) is 43.4 Å². The molecule has 0 aliphatic carbocycles. The van der Waals surface area contributed by atoms with Crippen LogP contribution in [0.5, 0.6) is 5.75 Å². The van der Waals surface area contributed by atoms with Crippen LogP contribution in [0.25, 0.3) is 0 Å². The molecule has 10 heteroatoms. The van der Waals surface area contributed by atoms with Gasteiger partial charge in [0.2, 0.25) is 0 Å². The average Bonchev–Trinajstić information content (AvgIpc) is 2.98. The zero-order valence-electron chi connectivity index (χ0n) is 18.9. The van der Waals surface area contributed by atoms with Gasteiger partial charge < -0.3 is 14.2 Å². The van der Waals surface area contributed by atoms with Crippen molar-refractivity contribution in [2.75, 3.05) is 27.6 Å². The highest BCUT2D eigenvalue weighted by Gasteiger charge is 2.47. The molecule has 9 nitrogen and oxygen atoms in total. The molecule has 0 saturated heterocycles. The van der Waals surface area contributed by atoms with Crippen LogP contribution in [0.4, 0.5) is 0 Å². The molecule has 176 valence electrons. The second-order valence-electron chi connectivity index (χ2n) is 8.37. The summed E-state index contributed by atoms with van der Waals surface area (Å²) in [6.45, 7) is 3.64. The predicted octanol–water partition coefficient (Wildman–Crippen LogP) is 2.62. The van der Waals surface area contributed by atoms with Gasteiger partial charge >= 0.3 is 5.97 Å². The van der Waals surface area contributed by atoms with Gasteiger partial charge in [0, 0.05) is 19.2 Å². The SMILES string of the molecule is COC(C(=O)OCN1C(=O)c2c(C(C)C)cc3c(c2S1(=O)=O)CN(C)CO3)c1ccccc1. The van der Waals surface area contributed by atoms with Crippen molar-refractivity contribution in [2.24, 2.45) is 0 Å². The fourth-order valence-corrected chi connectivity index (χ4v) is 5.76. The van der Waals surface area contributed by atoms with E-state index in [0.717, 1.165) is 0 Å². The zero-order chi connectivity index (χ0) is 23.9. The summed E-state index contributed by atoms with van der Waals surface area (Å²) in [5.41, 5.74) is 1.68. The molecule has 0 spiro atoms. The molecule has 2 aromatic carbocycles. The van der Waals surface area contributed by atoms with E-state index in [2.05, 4.69) is 0 Å². The highest BCUT2D eigenvalue weighted by atomic mass is 32.2. The highest BCUT2D eigenvalue weighted by Crippen LogP contribution is 2.43. The van der Waals surface area contributed by atoms with Crippen LogP contribution in [0.15, 0.2) is 41.3 Å². The van der Waals surface area contributed by atoms with Crippen molar-refractivity contribution in [3.8, 4) is 5.75 Å². The molecule has 2 aromatic rings. The number of hydrogen-bond donors (Lipinski definition) is 0. The van der Waals surface area contributed by atoms with E-state index >= 15 is 0 Å². The van der Waals surface area contributed by atoms with Gasteiger partial charge in [-0.05, 0) is 30.2 Å². The molecule has 4 rings (SSSR count). The van der Waals surface area contributed by atoms with E-state index in [1.165, 1.54) is 7.11 Å². The largest absolute Gasteiger partial charge is 0.478 e. The highest BCUT2D eigenvalue weighted by molar-refractivity contribution is 7.90. The Hall–Kier alpha value is -2.95. The molecule has 0 saturated carbocycles. The van der Waals surface area contributed by atoms with Crippen molar-refractivity contribution in [3.63, 3.8) is 0 Å². The number of hydrogen-bond acceptors (Lipinski definition) is 8. The van der Waals surface area contributed by atoms with Gasteiger partial charge in [-0.15, -0.1) is 0 Å². The first kappa shape index (κ1) is 23.2. The van der Waals surface area contributed by atoms with Crippen LogP contribution in [0.1, 0.15) is 52.9 Å². The summed E-state index contributed by atoms with van der Waals surface area (Å²) in [5, 5.41) is 0. The molecule has 1 unspecified atom stereocenters. The number of amides is 1. The minimum atomic E-state index is -4.25. The monoisotopic (exact) mass is 474 g/mol. The quantitative estimate of drug-likeness (QED) is 0.589. The topological polar surface area (TPSA) is 102 Å². The van der Waals surface area contributed by atoms with Crippen molar-refractivity contribution in [2.45, 2.75) is 37.3 Å². The average molecular weight is 475 g/mol. The van der Waals surface area contributed by atoms with Crippen LogP contribution in [0.2, 0.25) is 0 Å². The predicted molar refractivity (Wildman–Crippen MR) is 118 cm³/mol. The van der Waals surface area contributed by atoms with Gasteiger partial charge in [-0.3, -0.25) is 9.69 Å². The fourth-order valence-electron chi connectivity index (χ4n) is 4.10. The normalized spacial score (nSPS) is 18.0. The first-order valence-corrected chi connectivity index (χ1v) is 11.9. The first-order valence-electron chi connectivity index (χ1n) is 10.5. The summed E-state index contributed by atoms with van der Waals surface area (Å²) in [7, 11) is -1.10. The number of methoxy groups -OCH3 is 1. The summed E-state index contributed by atoms with van der Waals surface area (Å²) in [4.78, 5) is 27.7. The number of rotatable bonds is 6. The lowest BCUT2D eigenvalue weighted by Crippen LogP contribution is -2.35. The summed E-state index contributed by atoms with van der Waals surface area (Å²) in [6.07, 6.45) is -1.05. The van der Waals surface area contributed by atoms with Crippen LogP contribution in [-0.4, -0.2) is 57.1 Å². The van der Waals surface area contributed by atoms with Crippen LogP contribution >= 0.6 is 0 Å². The Balaban J connectivity index is 1.67. The Labute approximate surface area is 192 Å². The van der Waals surface area contributed by atoms with E-state index in [0.29, 0.717) is 40.0 Å². The third kappa shape index (κ3) is 3.98. The smallest absolute Gasteiger partial charge is 0.341 e. The second-order valence-corrected chi connectivity index (χ2v) is 10.2. The molecule has 1 amide bonds. The summed E-state index contributed by atoms with van der Waals surface area (Å²) >= 11 is 0. The van der Waals surface area contributed by atoms with Crippen molar-refractivity contribution in [1.82, 2.24) is 9.21 Å².